The number of nitrogens with one attached hydrogen (secondary N) is 3. The quantitative estimate of drug-likeness (QED) is 0.139. The molecule has 1 aliphatic heterocycles. The Morgan fingerprint density at radius 3 is 2.53 bits per heavy atom. The van der Waals surface area contributed by atoms with Gasteiger partial charge in [-0.05, 0) is 112 Å². The average Bonchev–Trinajstić information content (AvgIpc) is 3.97. The minimum atomic E-state index is -4.29. The van der Waals surface area contributed by atoms with Crippen LogP contribution >= 0.6 is 11.6 Å². The maximum Gasteiger partial charge on any atom is 0.281 e. The molecule has 3 aromatic heterocycles. The fourth-order valence-corrected chi connectivity index (χ4v) is 9.29. The number of ether oxygens (including phenoxy) is 1. The van der Waals surface area contributed by atoms with Gasteiger partial charge in [0.15, 0.2) is 10.8 Å². The van der Waals surface area contributed by atoms with Crippen LogP contribution in [0.3, 0.4) is 0 Å². The van der Waals surface area contributed by atoms with Crippen LogP contribution in [0.4, 0.5) is 5.82 Å². The maximum atomic E-state index is 13.1. The first-order chi connectivity index (χ1) is 22.2. The van der Waals surface area contributed by atoms with Crippen molar-refractivity contribution in [3.8, 4) is 11.7 Å². The summed E-state index contributed by atoms with van der Waals surface area (Å²) in [6.45, 7) is 6.22. The Balaban J connectivity index is 0.928. The molecular formula is C32H38B2ClN7O4S. The number of carbonyl (C=O) groups excluding carboxylic acids is 1. The first-order valence-electron chi connectivity index (χ1n) is 16.2. The van der Waals surface area contributed by atoms with Crippen molar-refractivity contribution in [1.82, 2.24) is 29.8 Å². The molecule has 3 N–H and O–H groups in total. The minimum Gasteiger partial charge on any atom is -0.478 e. The van der Waals surface area contributed by atoms with Gasteiger partial charge in [-0.25, -0.2) is 19.4 Å². The fraction of sp³-hybridized carbons (Fsp3) is 0.562. The first-order valence-corrected chi connectivity index (χ1v) is 18.1. The summed E-state index contributed by atoms with van der Waals surface area (Å²) in [5.41, 5.74) is 0.738. The zero-order valence-electron chi connectivity index (χ0n) is 26.6. The number of sulfonamides is 1. The number of pyridine rings is 2. The van der Waals surface area contributed by atoms with Crippen LogP contribution in [0.15, 0.2) is 47.6 Å². The van der Waals surface area contributed by atoms with Crippen molar-refractivity contribution in [2.75, 3.05) is 25.0 Å². The molecule has 0 bridgehead atoms. The number of nitrogens with zero attached hydrogens (tertiary/aromatic N) is 4. The summed E-state index contributed by atoms with van der Waals surface area (Å²) < 4.78 is 35.5. The number of halogens is 1. The van der Waals surface area contributed by atoms with E-state index in [2.05, 4.69) is 39.5 Å². The standard InChI is InChI=1S/C32H38B2ClN7O4S/c1-29(2)17-20(18-37-29)5-4-15-36-22-6-3-7-25(38-22)47(44,45)41-27(43)21-8-9-23(39-26(21)35)42-16-10-24(40-42)46-19-32(33,34)28-30(11-12-30)31(28)13-14-31/h3,6-10,16,20,28,37H,4-5,11-15,17-19H2,1-2H3,(H,36,38)(H,41,43)/t20-/m0/s1. The predicted octanol–water partition coefficient (Wildman–Crippen LogP) is 4.04. The van der Waals surface area contributed by atoms with Crippen LogP contribution < -0.4 is 20.1 Å². The number of aromatic nitrogens is 4. The van der Waals surface area contributed by atoms with Gasteiger partial charge in [-0.3, -0.25) is 4.79 Å². The van der Waals surface area contributed by atoms with Crippen LogP contribution in [0.1, 0.15) is 69.2 Å². The molecule has 0 aromatic carbocycles. The Morgan fingerprint density at radius 2 is 1.87 bits per heavy atom. The van der Waals surface area contributed by atoms with Crippen molar-refractivity contribution >= 4 is 49.0 Å². The third-order valence-electron chi connectivity index (χ3n) is 10.5. The van der Waals surface area contributed by atoms with Crippen molar-refractivity contribution in [1.29, 1.82) is 0 Å². The highest BCUT2D eigenvalue weighted by Gasteiger charge is 2.88. The van der Waals surface area contributed by atoms with Crippen LogP contribution in [0.25, 0.3) is 5.82 Å². The van der Waals surface area contributed by atoms with Gasteiger partial charge < -0.3 is 15.4 Å². The van der Waals surface area contributed by atoms with E-state index in [9.17, 15) is 13.2 Å². The van der Waals surface area contributed by atoms with Crippen LogP contribution in [0.2, 0.25) is 10.4 Å². The second kappa shape index (κ2) is 11.5. The molecule has 4 aliphatic rings. The van der Waals surface area contributed by atoms with Crippen LogP contribution in [0, 0.1) is 22.7 Å². The SMILES string of the molecule is [B]C([B])(COc1ccn(-c2ccc(C(=O)NS(=O)(=O)c3cccc(NCCC[C@@H]4CNC(C)(C)C4)n3)c(Cl)n2)n1)C1C2(CC2)C12CC2. The molecule has 1 amide bonds. The summed E-state index contributed by atoms with van der Waals surface area (Å²) in [4.78, 5) is 21.4. The number of hydrogen-bond donors (Lipinski definition) is 3. The Bertz CT molecular complexity index is 1790. The van der Waals surface area contributed by atoms with E-state index in [1.807, 2.05) is 4.72 Å². The van der Waals surface area contributed by atoms with Crippen LogP contribution in [-0.2, 0) is 10.0 Å². The van der Waals surface area contributed by atoms with Crippen LogP contribution in [0.5, 0.6) is 5.88 Å². The second-order valence-electron chi connectivity index (χ2n) is 14.5. The summed E-state index contributed by atoms with van der Waals surface area (Å²) in [5, 5.41) is 9.69. The summed E-state index contributed by atoms with van der Waals surface area (Å²) in [6.07, 6.45) is 9.56. The lowest BCUT2D eigenvalue weighted by molar-refractivity contribution is 0.0981. The number of anilines is 1. The van der Waals surface area contributed by atoms with E-state index >= 15 is 0 Å². The molecule has 1 atom stereocenters. The molecule has 47 heavy (non-hydrogen) atoms. The highest BCUT2D eigenvalue weighted by atomic mass is 35.5. The van der Waals surface area contributed by atoms with E-state index in [-0.39, 0.29) is 33.8 Å². The van der Waals surface area contributed by atoms with E-state index in [0.29, 0.717) is 40.8 Å². The second-order valence-corrected chi connectivity index (χ2v) is 16.4. The zero-order chi connectivity index (χ0) is 33.2. The molecule has 15 heteroatoms. The van der Waals surface area contributed by atoms with Gasteiger partial charge >= 0.3 is 0 Å². The highest BCUT2D eigenvalue weighted by Crippen LogP contribution is 2.95. The first kappa shape index (κ1) is 32.5. The lowest BCUT2D eigenvalue weighted by Gasteiger charge is -2.26. The molecule has 244 valence electrons. The monoisotopic (exact) mass is 673 g/mol. The highest BCUT2D eigenvalue weighted by molar-refractivity contribution is 7.90. The van der Waals surface area contributed by atoms with Crippen LogP contribution in [-0.4, -0.2) is 75.0 Å². The molecule has 3 aliphatic carbocycles. The molecule has 2 spiro atoms. The predicted molar refractivity (Wildman–Crippen MR) is 180 cm³/mol. The van der Waals surface area contributed by atoms with E-state index in [4.69, 9.17) is 32.0 Å². The Morgan fingerprint density at radius 1 is 1.13 bits per heavy atom. The molecular weight excluding hydrogens is 636 g/mol. The maximum absolute atomic E-state index is 13.1. The molecule has 4 heterocycles. The molecule has 11 nitrogen and oxygen atoms in total. The zero-order valence-corrected chi connectivity index (χ0v) is 28.2. The summed E-state index contributed by atoms with van der Waals surface area (Å²) in [7, 11) is 8.75. The topological polar surface area (TPSA) is 140 Å². The van der Waals surface area contributed by atoms with E-state index < -0.39 is 21.1 Å². The molecule has 7 rings (SSSR count). The van der Waals surface area contributed by atoms with Gasteiger partial charge in [0.25, 0.3) is 15.9 Å². The van der Waals surface area contributed by atoms with Crippen molar-refractivity contribution in [2.45, 2.75) is 74.6 Å². The van der Waals surface area contributed by atoms with Gasteiger partial charge in [0.1, 0.15) is 11.0 Å². The summed E-state index contributed by atoms with van der Waals surface area (Å²) in [6, 6.07) is 9.13. The smallest absolute Gasteiger partial charge is 0.281 e. The van der Waals surface area contributed by atoms with E-state index in [1.54, 1.807) is 24.4 Å². The number of hydrogen-bond acceptors (Lipinski definition) is 9. The normalized spacial score (nSPS) is 21.9. The number of rotatable bonds is 13. The molecule has 4 radical (unpaired) electrons. The van der Waals surface area contributed by atoms with Gasteiger partial charge in [-0.1, -0.05) is 22.9 Å². The average molecular weight is 674 g/mol. The lowest BCUT2D eigenvalue weighted by atomic mass is 9.51. The van der Waals surface area contributed by atoms with Gasteiger partial charge in [0.2, 0.25) is 5.88 Å². The largest absolute Gasteiger partial charge is 0.478 e. The van der Waals surface area contributed by atoms with Crippen molar-refractivity contribution in [3.05, 3.63) is 53.3 Å². The molecule has 3 saturated carbocycles. The van der Waals surface area contributed by atoms with Gasteiger partial charge in [0, 0.05) is 24.3 Å². The molecule has 3 aromatic rings. The Hall–Kier alpha value is -3.09. The molecule has 4 fully saturated rings. The molecule has 0 unspecified atom stereocenters. The van der Waals surface area contributed by atoms with E-state index in [0.717, 1.165) is 25.8 Å². The summed E-state index contributed by atoms with van der Waals surface area (Å²) >= 11 is 6.34. The third-order valence-corrected chi connectivity index (χ3v) is 12.0. The van der Waals surface area contributed by atoms with Gasteiger partial charge in [-0.2, -0.15) is 8.42 Å². The lowest BCUT2D eigenvalue weighted by Crippen LogP contribution is -2.31. The van der Waals surface area contributed by atoms with Gasteiger partial charge in [-0.15, -0.1) is 5.10 Å². The van der Waals surface area contributed by atoms with Gasteiger partial charge in [0.05, 0.1) is 27.9 Å². The van der Waals surface area contributed by atoms with Crippen molar-refractivity contribution in [3.63, 3.8) is 0 Å². The Kier molecular flexibility index (Phi) is 7.95. The Labute approximate surface area is 283 Å². The number of carbonyl (C=O) groups is 1. The number of amides is 1. The van der Waals surface area contributed by atoms with Crippen molar-refractivity contribution in [2.24, 2.45) is 22.7 Å². The summed E-state index contributed by atoms with van der Waals surface area (Å²) in [5.74, 6) is 1.01. The van der Waals surface area contributed by atoms with E-state index in [1.165, 1.54) is 48.6 Å². The fourth-order valence-electron chi connectivity index (χ4n) is 8.12. The number of fused-ring (bicyclic) bond motifs is 1. The van der Waals surface area contributed by atoms with Crippen molar-refractivity contribution < 1.29 is 17.9 Å². The minimum absolute atomic E-state index is 0.120. The third kappa shape index (κ3) is 6.28. The molecule has 1 saturated heterocycles.